The van der Waals surface area contributed by atoms with Crippen LogP contribution in [0.2, 0.25) is 0 Å². The van der Waals surface area contributed by atoms with E-state index in [9.17, 15) is 4.79 Å². The van der Waals surface area contributed by atoms with Crippen molar-refractivity contribution in [2.24, 2.45) is 11.8 Å². The van der Waals surface area contributed by atoms with Gasteiger partial charge in [-0.25, -0.2) is 4.79 Å². The van der Waals surface area contributed by atoms with Crippen molar-refractivity contribution in [3.63, 3.8) is 0 Å². The lowest BCUT2D eigenvalue weighted by Crippen LogP contribution is -2.35. The first-order chi connectivity index (χ1) is 9.81. The molecule has 124 valence electrons. The van der Waals surface area contributed by atoms with Crippen LogP contribution in [0.3, 0.4) is 0 Å². The highest BCUT2D eigenvalue weighted by Gasteiger charge is 2.29. The Bertz CT molecular complexity index is 312. The van der Waals surface area contributed by atoms with E-state index in [1.165, 1.54) is 12.8 Å². The molecule has 0 aliphatic carbocycles. The number of nitrogens with zero attached hydrogens (tertiary/aromatic N) is 1. The van der Waals surface area contributed by atoms with Gasteiger partial charge >= 0.3 is 6.09 Å². The predicted octanol–water partition coefficient (Wildman–Crippen LogP) is 3.66. The quantitative estimate of drug-likeness (QED) is 0.729. The van der Waals surface area contributed by atoms with Crippen LogP contribution in [-0.2, 0) is 4.74 Å². The fraction of sp³-hybridized carbons (Fsp3) is 0.941. The molecule has 1 rings (SSSR count). The van der Waals surface area contributed by atoms with E-state index in [1.807, 2.05) is 25.7 Å². The second-order valence-corrected chi connectivity index (χ2v) is 7.47. The number of hydrogen-bond donors (Lipinski definition) is 1. The Morgan fingerprint density at radius 3 is 2.76 bits per heavy atom. The average Bonchev–Trinajstić information content (AvgIpc) is 2.82. The molecule has 1 amide bonds. The lowest BCUT2D eigenvalue weighted by atomic mass is 10.0. The van der Waals surface area contributed by atoms with Gasteiger partial charge in [0.1, 0.15) is 5.60 Å². The number of nitrogens with one attached hydrogen (secondary N) is 1. The topological polar surface area (TPSA) is 41.6 Å². The fourth-order valence-electron chi connectivity index (χ4n) is 2.81. The van der Waals surface area contributed by atoms with Crippen molar-refractivity contribution < 1.29 is 9.53 Å². The molecule has 0 bridgehead atoms. The Hall–Kier alpha value is -0.770. The first-order valence-electron chi connectivity index (χ1n) is 8.50. The maximum atomic E-state index is 12.0. The van der Waals surface area contributed by atoms with Crippen molar-refractivity contribution in [3.05, 3.63) is 0 Å². The van der Waals surface area contributed by atoms with Crippen molar-refractivity contribution >= 4 is 6.09 Å². The van der Waals surface area contributed by atoms with Crippen LogP contribution in [0.25, 0.3) is 0 Å². The normalized spacial score (nSPS) is 20.6. The molecule has 1 N–H and O–H groups in total. The lowest BCUT2D eigenvalue weighted by Gasteiger charge is -2.24. The third kappa shape index (κ3) is 7.70. The van der Waals surface area contributed by atoms with Crippen molar-refractivity contribution in [2.45, 2.75) is 65.9 Å². The van der Waals surface area contributed by atoms with Gasteiger partial charge in [0.15, 0.2) is 0 Å². The van der Waals surface area contributed by atoms with E-state index < -0.39 is 5.60 Å². The minimum absolute atomic E-state index is 0.158. The highest BCUT2D eigenvalue weighted by atomic mass is 16.6. The van der Waals surface area contributed by atoms with E-state index in [0.29, 0.717) is 5.92 Å². The van der Waals surface area contributed by atoms with Gasteiger partial charge in [0, 0.05) is 13.1 Å². The average molecular weight is 298 g/mol. The summed E-state index contributed by atoms with van der Waals surface area (Å²) in [6.07, 6.45) is 4.65. The molecule has 4 heteroatoms. The summed E-state index contributed by atoms with van der Waals surface area (Å²) < 4.78 is 5.43. The molecule has 0 aromatic rings. The summed E-state index contributed by atoms with van der Waals surface area (Å²) in [6, 6.07) is 0. The summed E-state index contributed by atoms with van der Waals surface area (Å²) in [5.74, 6) is 1.38. The van der Waals surface area contributed by atoms with E-state index in [-0.39, 0.29) is 6.09 Å². The van der Waals surface area contributed by atoms with Crippen LogP contribution in [0.4, 0.5) is 4.79 Å². The van der Waals surface area contributed by atoms with E-state index >= 15 is 0 Å². The third-order valence-electron chi connectivity index (χ3n) is 3.94. The molecule has 2 atom stereocenters. The molecule has 0 aromatic heterocycles. The number of carbonyl (C=O) groups is 1. The minimum Gasteiger partial charge on any atom is -0.444 e. The van der Waals surface area contributed by atoms with Crippen molar-refractivity contribution in [2.75, 3.05) is 26.2 Å². The van der Waals surface area contributed by atoms with Crippen LogP contribution in [0.1, 0.15) is 60.3 Å². The standard InChI is InChI=1S/C17H34N2O2/c1-6-7-14(2)12-18-10-8-15-9-11-19(13-15)16(20)21-17(3,4)5/h14-15,18H,6-13H2,1-5H3. The van der Waals surface area contributed by atoms with Gasteiger partial charge in [-0.15, -0.1) is 0 Å². The van der Waals surface area contributed by atoms with Crippen LogP contribution in [0.5, 0.6) is 0 Å². The Balaban J connectivity index is 2.16. The van der Waals surface area contributed by atoms with Gasteiger partial charge in [-0.2, -0.15) is 0 Å². The summed E-state index contributed by atoms with van der Waals surface area (Å²) in [5, 5.41) is 3.54. The Morgan fingerprint density at radius 1 is 1.43 bits per heavy atom. The first kappa shape index (κ1) is 18.3. The van der Waals surface area contributed by atoms with Crippen LogP contribution < -0.4 is 5.32 Å². The zero-order chi connectivity index (χ0) is 15.9. The maximum Gasteiger partial charge on any atom is 0.410 e. The number of carbonyl (C=O) groups excluding carboxylic acids is 1. The van der Waals surface area contributed by atoms with E-state index in [2.05, 4.69) is 19.2 Å². The second kappa shape index (κ2) is 8.62. The minimum atomic E-state index is -0.397. The number of rotatable bonds is 7. The SMILES string of the molecule is CCCC(C)CNCCC1CCN(C(=O)OC(C)(C)C)C1. The van der Waals surface area contributed by atoms with Gasteiger partial charge in [0.25, 0.3) is 0 Å². The molecular formula is C17H34N2O2. The highest BCUT2D eigenvalue weighted by molar-refractivity contribution is 5.68. The molecule has 4 nitrogen and oxygen atoms in total. The zero-order valence-electron chi connectivity index (χ0n) is 14.6. The van der Waals surface area contributed by atoms with Crippen molar-refractivity contribution in [3.8, 4) is 0 Å². The monoisotopic (exact) mass is 298 g/mol. The van der Waals surface area contributed by atoms with Gasteiger partial charge < -0.3 is 15.0 Å². The predicted molar refractivity (Wildman–Crippen MR) is 87.5 cm³/mol. The smallest absolute Gasteiger partial charge is 0.410 e. The van der Waals surface area contributed by atoms with Gasteiger partial charge in [-0.1, -0.05) is 20.3 Å². The molecule has 1 saturated heterocycles. The molecule has 0 saturated carbocycles. The molecule has 1 aliphatic heterocycles. The molecule has 2 unspecified atom stereocenters. The summed E-state index contributed by atoms with van der Waals surface area (Å²) in [6.45, 7) is 14.1. The Kier molecular flexibility index (Phi) is 7.50. The summed E-state index contributed by atoms with van der Waals surface area (Å²) in [4.78, 5) is 13.8. The number of ether oxygens (including phenoxy) is 1. The van der Waals surface area contributed by atoms with E-state index in [4.69, 9.17) is 4.74 Å². The van der Waals surface area contributed by atoms with E-state index in [0.717, 1.165) is 44.9 Å². The molecule has 21 heavy (non-hydrogen) atoms. The molecule has 1 heterocycles. The maximum absolute atomic E-state index is 12.0. The highest BCUT2D eigenvalue weighted by Crippen LogP contribution is 2.21. The second-order valence-electron chi connectivity index (χ2n) is 7.47. The number of likely N-dealkylation sites (tertiary alicyclic amines) is 1. The van der Waals surface area contributed by atoms with Crippen LogP contribution in [0, 0.1) is 11.8 Å². The molecule has 0 radical (unpaired) electrons. The molecular weight excluding hydrogens is 264 g/mol. The first-order valence-corrected chi connectivity index (χ1v) is 8.50. The Morgan fingerprint density at radius 2 is 2.14 bits per heavy atom. The van der Waals surface area contributed by atoms with Crippen LogP contribution >= 0.6 is 0 Å². The van der Waals surface area contributed by atoms with E-state index in [1.54, 1.807) is 0 Å². The lowest BCUT2D eigenvalue weighted by molar-refractivity contribution is 0.0287. The van der Waals surface area contributed by atoms with Crippen LogP contribution in [-0.4, -0.2) is 42.8 Å². The molecule has 0 spiro atoms. The van der Waals surface area contributed by atoms with Gasteiger partial charge in [-0.3, -0.25) is 0 Å². The van der Waals surface area contributed by atoms with Gasteiger partial charge in [-0.05, 0) is 65.0 Å². The van der Waals surface area contributed by atoms with Crippen molar-refractivity contribution in [1.29, 1.82) is 0 Å². The molecule has 0 aromatic carbocycles. The fourth-order valence-corrected chi connectivity index (χ4v) is 2.81. The molecule has 1 fully saturated rings. The summed E-state index contributed by atoms with van der Waals surface area (Å²) in [7, 11) is 0. The van der Waals surface area contributed by atoms with Crippen molar-refractivity contribution in [1.82, 2.24) is 10.2 Å². The van der Waals surface area contributed by atoms with Crippen LogP contribution in [0.15, 0.2) is 0 Å². The largest absolute Gasteiger partial charge is 0.444 e. The third-order valence-corrected chi connectivity index (χ3v) is 3.94. The summed E-state index contributed by atoms with van der Waals surface area (Å²) >= 11 is 0. The molecule has 1 aliphatic rings. The number of hydrogen-bond acceptors (Lipinski definition) is 3. The van der Waals surface area contributed by atoms with Gasteiger partial charge in [0.05, 0.1) is 0 Å². The number of amides is 1. The van der Waals surface area contributed by atoms with Gasteiger partial charge in [0.2, 0.25) is 0 Å². The summed E-state index contributed by atoms with van der Waals surface area (Å²) in [5.41, 5.74) is -0.397. The Labute approximate surface area is 130 Å². The zero-order valence-corrected chi connectivity index (χ0v) is 14.6.